The van der Waals surface area contributed by atoms with E-state index in [4.69, 9.17) is 9.47 Å². The SMILES string of the molecule is COCCOc1cc(C)ccc1NC(=O)Cn1nc(C)c2ccccc2c1=O. The summed E-state index contributed by atoms with van der Waals surface area (Å²) in [5, 5.41) is 8.41. The van der Waals surface area contributed by atoms with Crippen LogP contribution in [-0.2, 0) is 16.1 Å². The minimum Gasteiger partial charge on any atom is -0.489 e. The second-order valence-corrected chi connectivity index (χ2v) is 6.48. The molecule has 0 atom stereocenters. The molecule has 0 saturated carbocycles. The van der Waals surface area contributed by atoms with Gasteiger partial charge in [0, 0.05) is 12.5 Å². The topological polar surface area (TPSA) is 82.4 Å². The van der Waals surface area contributed by atoms with Crippen LogP contribution >= 0.6 is 0 Å². The van der Waals surface area contributed by atoms with Gasteiger partial charge in [-0.2, -0.15) is 5.10 Å². The molecule has 0 radical (unpaired) electrons. The summed E-state index contributed by atoms with van der Waals surface area (Å²) in [6.45, 7) is 4.38. The number of aryl methyl sites for hydroxylation is 2. The highest BCUT2D eigenvalue weighted by Gasteiger charge is 2.13. The number of aromatic nitrogens is 2. The van der Waals surface area contributed by atoms with E-state index in [-0.39, 0.29) is 18.0 Å². The summed E-state index contributed by atoms with van der Waals surface area (Å²) in [5.41, 5.74) is 1.95. The number of nitrogens with zero attached hydrogens (tertiary/aromatic N) is 2. The lowest BCUT2D eigenvalue weighted by atomic mass is 10.1. The Hall–Kier alpha value is -3.19. The van der Waals surface area contributed by atoms with Gasteiger partial charge < -0.3 is 14.8 Å². The first-order valence-electron chi connectivity index (χ1n) is 8.98. The average Bonchev–Trinajstić information content (AvgIpc) is 2.68. The first-order chi connectivity index (χ1) is 13.5. The molecule has 0 fully saturated rings. The van der Waals surface area contributed by atoms with Crippen LogP contribution in [0.4, 0.5) is 5.69 Å². The van der Waals surface area contributed by atoms with Crippen LogP contribution in [0.2, 0.25) is 0 Å². The van der Waals surface area contributed by atoms with Crippen LogP contribution in [-0.4, -0.2) is 36.0 Å². The van der Waals surface area contributed by atoms with Crippen molar-refractivity contribution in [3.05, 3.63) is 64.1 Å². The van der Waals surface area contributed by atoms with Gasteiger partial charge in [0.05, 0.1) is 23.4 Å². The molecule has 0 aliphatic heterocycles. The molecule has 7 heteroatoms. The maximum atomic E-state index is 12.6. The summed E-state index contributed by atoms with van der Waals surface area (Å²) in [4.78, 5) is 25.2. The minimum atomic E-state index is -0.357. The predicted octanol–water partition coefficient (Wildman–Crippen LogP) is 2.68. The molecule has 2 aromatic carbocycles. The Morgan fingerprint density at radius 1 is 1.11 bits per heavy atom. The van der Waals surface area contributed by atoms with Gasteiger partial charge in [0.15, 0.2) is 0 Å². The van der Waals surface area contributed by atoms with E-state index in [0.717, 1.165) is 10.9 Å². The Morgan fingerprint density at radius 2 is 1.86 bits per heavy atom. The molecule has 1 amide bonds. The lowest BCUT2D eigenvalue weighted by Crippen LogP contribution is -2.30. The molecule has 146 valence electrons. The van der Waals surface area contributed by atoms with Crippen molar-refractivity contribution in [3.8, 4) is 5.75 Å². The number of fused-ring (bicyclic) bond motifs is 1. The largest absolute Gasteiger partial charge is 0.489 e. The maximum absolute atomic E-state index is 12.6. The van der Waals surface area contributed by atoms with Gasteiger partial charge >= 0.3 is 0 Å². The Morgan fingerprint density at radius 3 is 2.61 bits per heavy atom. The van der Waals surface area contributed by atoms with Gasteiger partial charge in [0.2, 0.25) is 5.91 Å². The molecule has 1 heterocycles. The number of benzene rings is 2. The fraction of sp³-hybridized carbons (Fsp3) is 0.286. The van der Waals surface area contributed by atoms with Crippen molar-refractivity contribution < 1.29 is 14.3 Å². The van der Waals surface area contributed by atoms with Crippen LogP contribution in [0.5, 0.6) is 5.75 Å². The quantitative estimate of drug-likeness (QED) is 0.636. The third-order valence-electron chi connectivity index (χ3n) is 4.30. The van der Waals surface area contributed by atoms with Gasteiger partial charge in [0.25, 0.3) is 5.56 Å². The maximum Gasteiger partial charge on any atom is 0.275 e. The van der Waals surface area contributed by atoms with Crippen molar-refractivity contribution in [1.82, 2.24) is 9.78 Å². The third-order valence-corrected chi connectivity index (χ3v) is 4.30. The standard InChI is InChI=1S/C21H23N3O4/c1-14-8-9-18(19(12-14)28-11-10-27-3)22-20(25)13-24-21(26)17-7-5-4-6-16(17)15(2)23-24/h4-9,12H,10-11,13H2,1-3H3,(H,22,25). The molecule has 28 heavy (non-hydrogen) atoms. The number of nitrogens with one attached hydrogen (secondary N) is 1. The van der Waals surface area contributed by atoms with E-state index in [1.54, 1.807) is 25.3 Å². The van der Waals surface area contributed by atoms with E-state index in [0.29, 0.717) is 35.7 Å². The molecule has 0 spiro atoms. The number of hydrogen-bond acceptors (Lipinski definition) is 5. The molecule has 0 unspecified atom stereocenters. The molecule has 0 aliphatic carbocycles. The van der Waals surface area contributed by atoms with Crippen LogP contribution in [0, 0.1) is 13.8 Å². The van der Waals surface area contributed by atoms with Crippen molar-refractivity contribution in [1.29, 1.82) is 0 Å². The van der Waals surface area contributed by atoms with Crippen LogP contribution in [0.3, 0.4) is 0 Å². The normalized spacial score (nSPS) is 10.8. The van der Waals surface area contributed by atoms with Crippen LogP contribution < -0.4 is 15.6 Å². The van der Waals surface area contributed by atoms with E-state index < -0.39 is 0 Å². The van der Waals surface area contributed by atoms with Gasteiger partial charge in [-0.1, -0.05) is 24.3 Å². The van der Waals surface area contributed by atoms with Crippen LogP contribution in [0.1, 0.15) is 11.3 Å². The number of hydrogen-bond donors (Lipinski definition) is 1. The summed E-state index contributed by atoms with van der Waals surface area (Å²) in [6.07, 6.45) is 0. The number of amides is 1. The van der Waals surface area contributed by atoms with Gasteiger partial charge in [-0.3, -0.25) is 9.59 Å². The van der Waals surface area contributed by atoms with E-state index in [2.05, 4.69) is 10.4 Å². The first kappa shape index (κ1) is 19.6. The molecule has 0 bridgehead atoms. The molecule has 3 aromatic rings. The fourth-order valence-corrected chi connectivity index (χ4v) is 2.92. The lowest BCUT2D eigenvalue weighted by molar-refractivity contribution is -0.117. The van der Waals surface area contributed by atoms with Gasteiger partial charge in [-0.05, 0) is 37.6 Å². The Labute approximate surface area is 162 Å². The third kappa shape index (κ3) is 4.37. The smallest absolute Gasteiger partial charge is 0.275 e. The number of methoxy groups -OCH3 is 1. The van der Waals surface area contributed by atoms with Crippen LogP contribution in [0.15, 0.2) is 47.3 Å². The molecule has 1 N–H and O–H groups in total. The average molecular weight is 381 g/mol. The van der Waals surface area contributed by atoms with Crippen molar-refractivity contribution in [3.63, 3.8) is 0 Å². The number of ether oxygens (including phenoxy) is 2. The second kappa shape index (κ2) is 8.67. The zero-order valence-electron chi connectivity index (χ0n) is 16.2. The molecule has 1 aromatic heterocycles. The van der Waals surface area contributed by atoms with Crippen molar-refractivity contribution >= 4 is 22.4 Å². The van der Waals surface area contributed by atoms with Crippen LogP contribution in [0.25, 0.3) is 10.8 Å². The number of carbonyl (C=O) groups is 1. The van der Waals surface area contributed by atoms with Crippen molar-refractivity contribution in [2.45, 2.75) is 20.4 Å². The van der Waals surface area contributed by atoms with Gasteiger partial charge in [0.1, 0.15) is 18.9 Å². The van der Waals surface area contributed by atoms with E-state index in [9.17, 15) is 9.59 Å². The number of anilines is 1. The zero-order valence-corrected chi connectivity index (χ0v) is 16.2. The Balaban J connectivity index is 1.81. The summed E-state index contributed by atoms with van der Waals surface area (Å²) in [6, 6.07) is 12.7. The fourth-order valence-electron chi connectivity index (χ4n) is 2.92. The molecule has 3 rings (SSSR count). The predicted molar refractivity (Wildman–Crippen MR) is 108 cm³/mol. The van der Waals surface area contributed by atoms with E-state index in [1.807, 2.05) is 38.1 Å². The van der Waals surface area contributed by atoms with Crippen molar-refractivity contribution in [2.24, 2.45) is 0 Å². The Bertz CT molecular complexity index is 1060. The molecular weight excluding hydrogens is 358 g/mol. The molecule has 0 saturated heterocycles. The summed E-state index contributed by atoms with van der Waals surface area (Å²) < 4.78 is 11.9. The first-order valence-corrected chi connectivity index (χ1v) is 8.98. The number of rotatable bonds is 7. The highest BCUT2D eigenvalue weighted by Crippen LogP contribution is 2.25. The second-order valence-electron chi connectivity index (χ2n) is 6.48. The van der Waals surface area contributed by atoms with E-state index >= 15 is 0 Å². The molecule has 0 aliphatic rings. The molecular formula is C21H23N3O4. The van der Waals surface area contributed by atoms with Gasteiger partial charge in [-0.25, -0.2) is 4.68 Å². The monoisotopic (exact) mass is 381 g/mol. The summed E-state index contributed by atoms with van der Waals surface area (Å²) in [7, 11) is 1.60. The summed E-state index contributed by atoms with van der Waals surface area (Å²) >= 11 is 0. The lowest BCUT2D eigenvalue weighted by Gasteiger charge is -2.14. The zero-order chi connectivity index (χ0) is 20.1. The number of carbonyl (C=O) groups excluding carboxylic acids is 1. The highest BCUT2D eigenvalue weighted by molar-refractivity contribution is 5.92. The summed E-state index contributed by atoms with van der Waals surface area (Å²) in [5.74, 6) is 0.199. The minimum absolute atomic E-state index is 0.185. The van der Waals surface area contributed by atoms with Gasteiger partial charge in [-0.15, -0.1) is 0 Å². The van der Waals surface area contributed by atoms with Crippen molar-refractivity contribution in [2.75, 3.05) is 25.6 Å². The van der Waals surface area contributed by atoms with E-state index in [1.165, 1.54) is 4.68 Å². The Kier molecular flexibility index (Phi) is 6.06. The highest BCUT2D eigenvalue weighted by atomic mass is 16.5. The molecule has 7 nitrogen and oxygen atoms in total.